The Morgan fingerprint density at radius 2 is 1.74 bits per heavy atom. The summed E-state index contributed by atoms with van der Waals surface area (Å²) in [5.74, 6) is -1.60. The van der Waals surface area contributed by atoms with Gasteiger partial charge in [0.15, 0.2) is 0 Å². The van der Waals surface area contributed by atoms with Crippen molar-refractivity contribution < 1.29 is 46.6 Å². The number of alkyl carbamates (subject to hydrolysis) is 1. The smallest absolute Gasteiger partial charge is 0.410 e. The molecule has 1 aromatic rings. The quantitative estimate of drug-likeness (QED) is 0.252. The molecule has 16 nitrogen and oxygen atoms in total. The second kappa shape index (κ2) is 17.0. The van der Waals surface area contributed by atoms with E-state index in [-0.39, 0.29) is 37.8 Å². The van der Waals surface area contributed by atoms with Crippen LogP contribution in [0.2, 0.25) is 0 Å². The molecule has 0 aromatic heterocycles. The van der Waals surface area contributed by atoms with Crippen LogP contribution in [0.15, 0.2) is 18.2 Å². The summed E-state index contributed by atoms with van der Waals surface area (Å²) in [7, 11) is -3.90. The van der Waals surface area contributed by atoms with Crippen LogP contribution in [0.3, 0.4) is 0 Å². The fraction of sp³-hybridized carbons (Fsp3) is 0.725. The van der Waals surface area contributed by atoms with Crippen molar-refractivity contribution in [1.82, 2.24) is 30.5 Å². The molecule has 5 aliphatic rings. The average Bonchev–Trinajstić information content (AvgIpc) is 4.02. The van der Waals surface area contributed by atoms with Crippen LogP contribution in [0.25, 0.3) is 0 Å². The maximum atomic E-state index is 14.4. The number of hydrogen-bond donors (Lipinski definition) is 4. The van der Waals surface area contributed by atoms with E-state index in [0.29, 0.717) is 57.2 Å². The zero-order valence-electron chi connectivity index (χ0n) is 34.1. The highest BCUT2D eigenvalue weighted by Crippen LogP contribution is 2.51. The molecule has 0 bridgehead atoms. The van der Waals surface area contributed by atoms with Gasteiger partial charge in [0.1, 0.15) is 41.7 Å². The lowest BCUT2D eigenvalue weighted by Crippen LogP contribution is -2.58. The van der Waals surface area contributed by atoms with Gasteiger partial charge in [-0.15, -0.1) is 0 Å². The van der Waals surface area contributed by atoms with Gasteiger partial charge in [0, 0.05) is 32.1 Å². The maximum absolute atomic E-state index is 14.4. The van der Waals surface area contributed by atoms with E-state index in [9.17, 15) is 32.4 Å². The van der Waals surface area contributed by atoms with E-state index in [1.807, 2.05) is 25.1 Å². The highest BCUT2D eigenvalue weighted by molar-refractivity contribution is 7.91. The highest BCUT2D eigenvalue weighted by atomic mass is 32.2. The first-order valence-corrected chi connectivity index (χ1v) is 22.0. The Kier molecular flexibility index (Phi) is 12.7. The van der Waals surface area contributed by atoms with Crippen molar-refractivity contribution in [1.29, 1.82) is 0 Å². The van der Waals surface area contributed by atoms with Gasteiger partial charge in [-0.2, -0.15) is 0 Å². The molecule has 3 aliphatic heterocycles. The molecule has 57 heavy (non-hydrogen) atoms. The van der Waals surface area contributed by atoms with E-state index in [4.69, 9.17) is 14.2 Å². The Morgan fingerprint density at radius 1 is 1.02 bits per heavy atom. The van der Waals surface area contributed by atoms with Gasteiger partial charge in [-0.3, -0.25) is 24.0 Å². The van der Waals surface area contributed by atoms with Crippen LogP contribution >= 0.6 is 0 Å². The Morgan fingerprint density at radius 3 is 2.44 bits per heavy atom. The van der Waals surface area contributed by atoms with Gasteiger partial charge < -0.3 is 35.1 Å². The number of sulfonamides is 1. The molecule has 3 heterocycles. The molecule has 1 aromatic carbocycles. The molecule has 4 fully saturated rings. The summed E-state index contributed by atoms with van der Waals surface area (Å²) in [6, 6.07) is 3.84. The third-order valence-corrected chi connectivity index (χ3v) is 13.3. The number of ether oxygens (including phenoxy) is 3. The number of carbonyl (C=O) groups is 5. The van der Waals surface area contributed by atoms with Gasteiger partial charge in [0.2, 0.25) is 21.8 Å². The first-order chi connectivity index (χ1) is 26.8. The molecule has 0 radical (unpaired) electrons. The van der Waals surface area contributed by atoms with E-state index in [0.717, 1.165) is 30.4 Å². The van der Waals surface area contributed by atoms with E-state index in [2.05, 4.69) is 34.5 Å². The van der Waals surface area contributed by atoms with Crippen LogP contribution in [0.1, 0.15) is 110 Å². The Balaban J connectivity index is 1.20. The molecule has 17 heteroatoms. The van der Waals surface area contributed by atoms with Crippen molar-refractivity contribution in [3.63, 3.8) is 0 Å². The van der Waals surface area contributed by atoms with Crippen molar-refractivity contribution in [2.24, 2.45) is 11.8 Å². The molecule has 6 rings (SSSR count). The van der Waals surface area contributed by atoms with Gasteiger partial charge in [-0.1, -0.05) is 52.5 Å². The zero-order valence-corrected chi connectivity index (χ0v) is 34.9. The van der Waals surface area contributed by atoms with E-state index in [1.165, 1.54) is 4.90 Å². The summed E-state index contributed by atoms with van der Waals surface area (Å²) in [5, 5.41) is 8.29. The number of hydrogen-bond acceptors (Lipinski definition) is 11. The Hall–Kier alpha value is -4.12. The minimum atomic E-state index is -3.90. The molecule has 2 aliphatic carbocycles. The van der Waals surface area contributed by atoms with E-state index in [1.54, 1.807) is 25.7 Å². The normalized spacial score (nSPS) is 28.0. The van der Waals surface area contributed by atoms with Gasteiger partial charge in [0.25, 0.3) is 5.91 Å². The van der Waals surface area contributed by atoms with Gasteiger partial charge >= 0.3 is 12.2 Å². The standard InChI is InChI=1S/C40H60N6O10S/c1-24(2)41-16-17-54-28-13-12-26-21-45(22-27(26)18-28)38(51)55-29-19-33-34(47)43-40(36(49)44-57(52,53)30-14-15-30)20-31(40)25(3)10-8-7-9-11-32(35(48)46(33)23-29)42-37(50)56-39(4,5)6/h12-13,18,24-25,29-33,41H,7-11,14-17,19-23H2,1-6H3,(H,42,50)(H,43,47)(H,44,49)/t25?,29-,31?,32+,33?,40-/m1/s1. The summed E-state index contributed by atoms with van der Waals surface area (Å²) in [6.45, 7) is 12.9. The number of rotatable bonds is 10. The number of benzene rings is 1. The van der Waals surface area contributed by atoms with Crippen molar-refractivity contribution in [3.05, 3.63) is 29.3 Å². The van der Waals surface area contributed by atoms with Crippen LogP contribution in [0.5, 0.6) is 5.75 Å². The number of amides is 5. The first kappa shape index (κ1) is 42.5. The van der Waals surface area contributed by atoms with Gasteiger partial charge in [0.05, 0.1) is 11.8 Å². The molecule has 2 saturated carbocycles. The lowest BCUT2D eigenvalue weighted by Gasteiger charge is -2.31. The SMILES string of the molecule is CC(C)NCCOc1ccc2c(c1)CN(C(=O)O[C@@H]1CC3C(=O)N[C@]4(C(=O)NS(=O)(=O)C5CC5)CC4C(C)CCCCC[C@H](NC(=O)OC(C)(C)C)C(=O)N3C1)C2. The highest BCUT2D eigenvalue weighted by Gasteiger charge is 2.64. The van der Waals surface area contributed by atoms with Crippen LogP contribution in [0.4, 0.5) is 9.59 Å². The summed E-state index contributed by atoms with van der Waals surface area (Å²) in [6.07, 6.45) is 1.97. The second-order valence-corrected chi connectivity index (χ2v) is 19.7. The van der Waals surface area contributed by atoms with Crippen LogP contribution in [-0.4, -0.2) is 108 Å². The van der Waals surface area contributed by atoms with Crippen molar-refractivity contribution in [2.45, 2.75) is 153 Å². The molecular formula is C40H60N6O10S. The second-order valence-electron chi connectivity index (χ2n) is 17.8. The lowest BCUT2D eigenvalue weighted by molar-refractivity contribution is -0.141. The molecular weight excluding hydrogens is 757 g/mol. The fourth-order valence-electron chi connectivity index (χ4n) is 8.22. The molecule has 316 valence electrons. The Labute approximate surface area is 335 Å². The number of nitrogens with one attached hydrogen (secondary N) is 4. The summed E-state index contributed by atoms with van der Waals surface area (Å²) in [4.78, 5) is 72.1. The van der Waals surface area contributed by atoms with Gasteiger partial charge in [-0.05, 0) is 81.5 Å². The number of nitrogens with zero attached hydrogens (tertiary/aromatic N) is 2. The molecule has 2 saturated heterocycles. The predicted octanol–water partition coefficient (Wildman–Crippen LogP) is 3.46. The molecule has 3 unspecified atom stereocenters. The molecule has 5 amide bonds. The average molecular weight is 817 g/mol. The van der Waals surface area contributed by atoms with Crippen LogP contribution in [0, 0.1) is 11.8 Å². The fourth-order valence-corrected chi connectivity index (χ4v) is 9.58. The van der Waals surface area contributed by atoms with Crippen molar-refractivity contribution in [3.8, 4) is 5.75 Å². The van der Waals surface area contributed by atoms with Crippen molar-refractivity contribution in [2.75, 3.05) is 19.7 Å². The zero-order chi connectivity index (χ0) is 41.3. The minimum Gasteiger partial charge on any atom is -0.492 e. The summed E-state index contributed by atoms with van der Waals surface area (Å²) >= 11 is 0. The van der Waals surface area contributed by atoms with Crippen molar-refractivity contribution >= 4 is 39.9 Å². The lowest BCUT2D eigenvalue weighted by atomic mass is 9.93. The number of carbonyl (C=O) groups excluding carboxylic acids is 5. The third kappa shape index (κ3) is 10.5. The van der Waals surface area contributed by atoms with E-state index < -0.39 is 74.5 Å². The Bertz CT molecular complexity index is 1810. The largest absolute Gasteiger partial charge is 0.492 e. The summed E-state index contributed by atoms with van der Waals surface area (Å²) in [5.41, 5.74) is -0.420. The van der Waals surface area contributed by atoms with Gasteiger partial charge in [-0.25, -0.2) is 18.0 Å². The molecule has 6 atom stereocenters. The third-order valence-electron chi connectivity index (χ3n) is 11.5. The predicted molar refractivity (Wildman–Crippen MR) is 209 cm³/mol. The van der Waals surface area contributed by atoms with E-state index >= 15 is 0 Å². The maximum Gasteiger partial charge on any atom is 0.410 e. The summed E-state index contributed by atoms with van der Waals surface area (Å²) < 4.78 is 45.4. The first-order valence-electron chi connectivity index (χ1n) is 20.5. The monoisotopic (exact) mass is 816 g/mol. The molecule has 4 N–H and O–H groups in total. The number of fused-ring (bicyclic) bond motifs is 3. The van der Waals surface area contributed by atoms with Crippen LogP contribution in [-0.2, 0) is 47.0 Å². The van der Waals surface area contributed by atoms with Crippen LogP contribution < -0.4 is 25.4 Å². The minimum absolute atomic E-state index is 0.0116. The topological polar surface area (TPSA) is 202 Å². The molecule has 0 spiro atoms.